The summed E-state index contributed by atoms with van der Waals surface area (Å²) in [5.41, 5.74) is 3.09. The molecule has 0 spiro atoms. The van der Waals surface area contributed by atoms with E-state index in [9.17, 15) is 0 Å². The molecule has 0 saturated carbocycles. The van der Waals surface area contributed by atoms with Crippen molar-refractivity contribution in [1.82, 2.24) is 5.32 Å². The molecular weight excluding hydrogens is 158 g/mol. The van der Waals surface area contributed by atoms with Crippen LogP contribution in [0.3, 0.4) is 0 Å². The molecule has 0 aliphatic carbocycles. The highest BCUT2D eigenvalue weighted by molar-refractivity contribution is 5.14. The molecule has 0 rings (SSSR count). The third kappa shape index (κ3) is 4.35. The molecule has 0 amide bonds. The fourth-order valence-corrected chi connectivity index (χ4v) is 1.80. The molecule has 78 valence electrons. The maximum atomic E-state index is 3.50. The first-order valence-electron chi connectivity index (χ1n) is 5.63. The van der Waals surface area contributed by atoms with Crippen LogP contribution < -0.4 is 5.32 Å². The second-order valence-electron chi connectivity index (χ2n) is 3.79. The quantitative estimate of drug-likeness (QED) is 0.662. The van der Waals surface area contributed by atoms with Gasteiger partial charge in [-0.2, -0.15) is 0 Å². The first kappa shape index (κ1) is 12.5. The van der Waals surface area contributed by atoms with Crippen LogP contribution in [-0.4, -0.2) is 6.54 Å². The molecule has 13 heavy (non-hydrogen) atoms. The standard InChI is InChI=1S/C12H25N/c1-6-9-12(13-8-3)11(7-2)10(4)5/h10,13H,6-9H2,1-5H3/b12-11-. The molecule has 1 heteroatoms. The highest BCUT2D eigenvalue weighted by Crippen LogP contribution is 2.19. The summed E-state index contributed by atoms with van der Waals surface area (Å²) in [7, 11) is 0. The van der Waals surface area contributed by atoms with Gasteiger partial charge in [0.1, 0.15) is 0 Å². The number of hydrogen-bond donors (Lipinski definition) is 1. The molecule has 0 fully saturated rings. The summed E-state index contributed by atoms with van der Waals surface area (Å²) >= 11 is 0. The Morgan fingerprint density at radius 2 is 1.77 bits per heavy atom. The average molecular weight is 183 g/mol. The summed E-state index contributed by atoms with van der Waals surface area (Å²) in [5.74, 6) is 0.686. The molecule has 0 aromatic heterocycles. The lowest BCUT2D eigenvalue weighted by atomic mass is 9.96. The van der Waals surface area contributed by atoms with Crippen LogP contribution in [0, 0.1) is 5.92 Å². The second kappa shape index (κ2) is 6.99. The molecular formula is C12H25N. The molecule has 0 aliphatic rings. The Labute approximate surface area is 83.6 Å². The minimum Gasteiger partial charge on any atom is -0.389 e. The van der Waals surface area contributed by atoms with E-state index in [2.05, 4.69) is 39.9 Å². The molecule has 1 N–H and O–H groups in total. The highest BCUT2D eigenvalue weighted by Gasteiger charge is 2.07. The maximum Gasteiger partial charge on any atom is 0.0115 e. The third-order valence-electron chi connectivity index (χ3n) is 2.36. The van der Waals surface area contributed by atoms with Crippen molar-refractivity contribution in [3.05, 3.63) is 11.3 Å². The minimum atomic E-state index is 0.686. The number of hydrogen-bond acceptors (Lipinski definition) is 1. The van der Waals surface area contributed by atoms with Gasteiger partial charge >= 0.3 is 0 Å². The van der Waals surface area contributed by atoms with Crippen LogP contribution in [0.4, 0.5) is 0 Å². The molecule has 0 bridgehead atoms. The summed E-state index contributed by atoms with van der Waals surface area (Å²) in [6, 6.07) is 0. The molecule has 0 saturated heterocycles. The summed E-state index contributed by atoms with van der Waals surface area (Å²) in [6.07, 6.45) is 3.62. The van der Waals surface area contributed by atoms with Crippen LogP contribution >= 0.6 is 0 Å². The van der Waals surface area contributed by atoms with Crippen molar-refractivity contribution >= 4 is 0 Å². The van der Waals surface area contributed by atoms with E-state index in [0.29, 0.717) is 5.92 Å². The van der Waals surface area contributed by atoms with E-state index in [1.54, 1.807) is 5.57 Å². The first-order valence-corrected chi connectivity index (χ1v) is 5.63. The lowest BCUT2D eigenvalue weighted by Crippen LogP contribution is -2.16. The van der Waals surface area contributed by atoms with Gasteiger partial charge in [-0.3, -0.25) is 0 Å². The Balaban J connectivity index is 4.55. The van der Waals surface area contributed by atoms with Crippen molar-refractivity contribution in [2.75, 3.05) is 6.54 Å². The van der Waals surface area contributed by atoms with Crippen LogP contribution in [0.1, 0.15) is 53.9 Å². The van der Waals surface area contributed by atoms with Crippen LogP contribution in [0.2, 0.25) is 0 Å². The summed E-state index contributed by atoms with van der Waals surface area (Å²) < 4.78 is 0. The number of rotatable bonds is 6. The zero-order valence-electron chi connectivity index (χ0n) is 9.91. The van der Waals surface area contributed by atoms with Gasteiger partial charge in [-0.1, -0.05) is 34.1 Å². The smallest absolute Gasteiger partial charge is 0.0115 e. The molecule has 0 heterocycles. The van der Waals surface area contributed by atoms with E-state index >= 15 is 0 Å². The predicted molar refractivity (Wildman–Crippen MR) is 60.7 cm³/mol. The van der Waals surface area contributed by atoms with E-state index in [4.69, 9.17) is 0 Å². The summed E-state index contributed by atoms with van der Waals surface area (Å²) in [5, 5.41) is 3.50. The first-order chi connectivity index (χ1) is 6.17. The van der Waals surface area contributed by atoms with Crippen LogP contribution in [0.25, 0.3) is 0 Å². The SMILES string of the molecule is CCC/C(NCC)=C(\CC)C(C)C. The van der Waals surface area contributed by atoms with Crippen molar-refractivity contribution in [3.63, 3.8) is 0 Å². The molecule has 0 aliphatic heterocycles. The Kier molecular flexibility index (Phi) is 6.75. The summed E-state index contributed by atoms with van der Waals surface area (Å²) in [4.78, 5) is 0. The molecule has 1 nitrogen and oxygen atoms in total. The van der Waals surface area contributed by atoms with Crippen molar-refractivity contribution in [2.24, 2.45) is 5.92 Å². The Morgan fingerprint density at radius 1 is 1.15 bits per heavy atom. The zero-order chi connectivity index (χ0) is 10.3. The van der Waals surface area contributed by atoms with Crippen LogP contribution in [0.15, 0.2) is 11.3 Å². The topological polar surface area (TPSA) is 12.0 Å². The van der Waals surface area contributed by atoms with Crippen molar-refractivity contribution in [2.45, 2.75) is 53.9 Å². The van der Waals surface area contributed by atoms with E-state index in [0.717, 1.165) is 6.54 Å². The predicted octanol–water partition coefficient (Wildman–Crippen LogP) is 3.72. The monoisotopic (exact) mass is 183 g/mol. The minimum absolute atomic E-state index is 0.686. The van der Waals surface area contributed by atoms with Gasteiger partial charge in [-0.05, 0) is 31.3 Å². The van der Waals surface area contributed by atoms with E-state index in [1.165, 1.54) is 25.0 Å². The third-order valence-corrected chi connectivity index (χ3v) is 2.36. The molecule has 0 aromatic rings. The number of allylic oxidation sites excluding steroid dienone is 2. The Morgan fingerprint density at radius 3 is 2.08 bits per heavy atom. The zero-order valence-corrected chi connectivity index (χ0v) is 9.91. The van der Waals surface area contributed by atoms with Gasteiger partial charge in [0, 0.05) is 12.2 Å². The van der Waals surface area contributed by atoms with Crippen LogP contribution in [0.5, 0.6) is 0 Å². The molecule has 0 atom stereocenters. The van der Waals surface area contributed by atoms with E-state index < -0.39 is 0 Å². The van der Waals surface area contributed by atoms with Gasteiger partial charge in [0.15, 0.2) is 0 Å². The molecule has 0 unspecified atom stereocenters. The average Bonchev–Trinajstić information content (AvgIpc) is 2.05. The largest absolute Gasteiger partial charge is 0.389 e. The highest BCUT2D eigenvalue weighted by atomic mass is 14.9. The van der Waals surface area contributed by atoms with Gasteiger partial charge in [0.2, 0.25) is 0 Å². The maximum absolute atomic E-state index is 3.50. The number of nitrogens with one attached hydrogen (secondary N) is 1. The fourth-order valence-electron chi connectivity index (χ4n) is 1.80. The lowest BCUT2D eigenvalue weighted by Gasteiger charge is -2.17. The molecule has 0 aromatic carbocycles. The van der Waals surface area contributed by atoms with Crippen LogP contribution in [-0.2, 0) is 0 Å². The van der Waals surface area contributed by atoms with Gasteiger partial charge in [0.25, 0.3) is 0 Å². The Bertz CT molecular complexity index is 149. The van der Waals surface area contributed by atoms with E-state index in [-0.39, 0.29) is 0 Å². The second-order valence-corrected chi connectivity index (χ2v) is 3.79. The Hall–Kier alpha value is -0.460. The van der Waals surface area contributed by atoms with Gasteiger partial charge in [-0.15, -0.1) is 0 Å². The van der Waals surface area contributed by atoms with Crippen molar-refractivity contribution in [1.29, 1.82) is 0 Å². The van der Waals surface area contributed by atoms with Crippen molar-refractivity contribution < 1.29 is 0 Å². The summed E-state index contributed by atoms with van der Waals surface area (Å²) in [6.45, 7) is 12.3. The molecule has 0 radical (unpaired) electrons. The lowest BCUT2D eigenvalue weighted by molar-refractivity contribution is 0.659. The van der Waals surface area contributed by atoms with Crippen molar-refractivity contribution in [3.8, 4) is 0 Å². The van der Waals surface area contributed by atoms with Gasteiger partial charge in [0.05, 0.1) is 0 Å². The normalized spacial score (nSPS) is 13.1. The van der Waals surface area contributed by atoms with Gasteiger partial charge < -0.3 is 5.32 Å². The van der Waals surface area contributed by atoms with E-state index in [1.807, 2.05) is 0 Å². The fraction of sp³-hybridized carbons (Fsp3) is 0.833. The van der Waals surface area contributed by atoms with Gasteiger partial charge in [-0.25, -0.2) is 0 Å².